The first kappa shape index (κ1) is 9.36. The van der Waals surface area contributed by atoms with Crippen LogP contribution in [0.25, 0.3) is 0 Å². The zero-order valence-electron chi connectivity index (χ0n) is 8.39. The van der Waals surface area contributed by atoms with Crippen LogP contribution in [0.3, 0.4) is 0 Å². The molecule has 1 aromatic rings. The maximum Gasteiger partial charge on any atom is 0.224 e. The molecule has 2 aliphatic rings. The second kappa shape index (κ2) is 3.61. The highest BCUT2D eigenvalue weighted by Crippen LogP contribution is 2.28. The lowest BCUT2D eigenvalue weighted by atomic mass is 10.1. The number of aromatic nitrogens is 2. The molecule has 1 aliphatic heterocycles. The molecular weight excluding hydrogens is 212 g/mol. The largest absolute Gasteiger partial charge is 0.367 e. The van der Waals surface area contributed by atoms with E-state index in [1.54, 1.807) is 0 Å². The van der Waals surface area contributed by atoms with Crippen LogP contribution in [-0.4, -0.2) is 22.6 Å². The summed E-state index contributed by atoms with van der Waals surface area (Å²) in [5.74, 6) is 0.953. The fourth-order valence-corrected chi connectivity index (χ4v) is 2.06. The van der Waals surface area contributed by atoms with Crippen LogP contribution < -0.4 is 10.6 Å². The molecule has 0 spiro atoms. The van der Waals surface area contributed by atoms with E-state index in [1.165, 1.54) is 18.4 Å². The summed E-state index contributed by atoms with van der Waals surface area (Å²) in [6, 6.07) is 0.606. The Labute approximate surface area is 93.5 Å². The molecular formula is C10H13ClN4. The van der Waals surface area contributed by atoms with E-state index in [0.29, 0.717) is 11.3 Å². The second-order valence-corrected chi connectivity index (χ2v) is 4.45. The summed E-state index contributed by atoms with van der Waals surface area (Å²) in [7, 11) is 0. The van der Waals surface area contributed by atoms with Gasteiger partial charge in [0, 0.05) is 18.2 Å². The van der Waals surface area contributed by atoms with Gasteiger partial charge in [-0.15, -0.1) is 0 Å². The third kappa shape index (κ3) is 1.92. The number of nitrogens with one attached hydrogen (secondary N) is 2. The summed E-state index contributed by atoms with van der Waals surface area (Å²) >= 11 is 5.90. The van der Waals surface area contributed by atoms with Gasteiger partial charge < -0.3 is 10.6 Å². The monoisotopic (exact) mass is 224 g/mol. The molecule has 1 aliphatic carbocycles. The van der Waals surface area contributed by atoms with Crippen LogP contribution in [-0.2, 0) is 13.0 Å². The highest BCUT2D eigenvalue weighted by atomic mass is 35.5. The van der Waals surface area contributed by atoms with Crippen LogP contribution in [0.15, 0.2) is 0 Å². The van der Waals surface area contributed by atoms with Gasteiger partial charge in [-0.25, -0.2) is 9.97 Å². The molecule has 15 heavy (non-hydrogen) atoms. The first-order valence-electron chi connectivity index (χ1n) is 5.35. The fraction of sp³-hybridized carbons (Fsp3) is 0.600. The topological polar surface area (TPSA) is 49.8 Å². The standard InChI is InChI=1S/C10H13ClN4/c11-10-14-8-5-12-4-3-7(8)9(15-10)13-6-1-2-6/h6,12H,1-5H2,(H,13,14,15). The molecule has 2 N–H and O–H groups in total. The Balaban J connectivity index is 1.98. The molecule has 2 heterocycles. The van der Waals surface area contributed by atoms with Crippen molar-refractivity contribution in [3.8, 4) is 0 Å². The van der Waals surface area contributed by atoms with E-state index in [2.05, 4.69) is 20.6 Å². The normalized spacial score (nSPS) is 19.8. The molecule has 1 fully saturated rings. The number of rotatable bonds is 2. The van der Waals surface area contributed by atoms with Gasteiger partial charge in [0.15, 0.2) is 0 Å². The zero-order valence-corrected chi connectivity index (χ0v) is 9.14. The lowest BCUT2D eigenvalue weighted by molar-refractivity contribution is 0.624. The van der Waals surface area contributed by atoms with E-state index in [-0.39, 0.29) is 0 Å². The lowest BCUT2D eigenvalue weighted by Crippen LogP contribution is -2.26. The minimum Gasteiger partial charge on any atom is -0.367 e. The number of anilines is 1. The maximum atomic E-state index is 5.90. The van der Waals surface area contributed by atoms with E-state index in [0.717, 1.165) is 31.0 Å². The van der Waals surface area contributed by atoms with Gasteiger partial charge in [0.25, 0.3) is 0 Å². The Morgan fingerprint density at radius 3 is 3.00 bits per heavy atom. The van der Waals surface area contributed by atoms with Crippen LogP contribution in [0.1, 0.15) is 24.1 Å². The summed E-state index contributed by atoms with van der Waals surface area (Å²) in [4.78, 5) is 8.54. The van der Waals surface area contributed by atoms with Crippen molar-refractivity contribution in [1.29, 1.82) is 0 Å². The van der Waals surface area contributed by atoms with E-state index >= 15 is 0 Å². The van der Waals surface area contributed by atoms with Crippen molar-refractivity contribution in [1.82, 2.24) is 15.3 Å². The summed E-state index contributed by atoms with van der Waals surface area (Å²) in [5, 5.41) is 7.06. The SMILES string of the molecule is Clc1nc2c(c(NC3CC3)n1)CCNC2. The Morgan fingerprint density at radius 1 is 1.33 bits per heavy atom. The molecule has 0 aromatic carbocycles. The van der Waals surface area contributed by atoms with E-state index in [9.17, 15) is 0 Å². The number of fused-ring (bicyclic) bond motifs is 1. The number of nitrogens with zero attached hydrogens (tertiary/aromatic N) is 2. The third-order valence-corrected chi connectivity index (χ3v) is 3.00. The summed E-state index contributed by atoms with van der Waals surface area (Å²) in [5.41, 5.74) is 2.29. The van der Waals surface area contributed by atoms with E-state index in [1.807, 2.05) is 0 Å². The molecule has 0 unspecified atom stereocenters. The molecule has 1 aromatic heterocycles. The van der Waals surface area contributed by atoms with Crippen molar-refractivity contribution in [2.45, 2.75) is 31.8 Å². The summed E-state index contributed by atoms with van der Waals surface area (Å²) in [6.45, 7) is 1.80. The van der Waals surface area contributed by atoms with Gasteiger partial charge in [-0.3, -0.25) is 0 Å². The van der Waals surface area contributed by atoms with Crippen molar-refractivity contribution in [3.63, 3.8) is 0 Å². The second-order valence-electron chi connectivity index (χ2n) is 4.11. The smallest absolute Gasteiger partial charge is 0.224 e. The average Bonchev–Trinajstić information content (AvgIpc) is 3.01. The first-order chi connectivity index (χ1) is 7.33. The number of halogens is 1. The minimum atomic E-state index is 0.348. The average molecular weight is 225 g/mol. The van der Waals surface area contributed by atoms with Gasteiger partial charge >= 0.3 is 0 Å². The molecule has 0 bridgehead atoms. The van der Waals surface area contributed by atoms with Crippen molar-refractivity contribution < 1.29 is 0 Å². The van der Waals surface area contributed by atoms with Crippen LogP contribution >= 0.6 is 11.6 Å². The molecule has 80 valence electrons. The predicted octanol–water partition coefficient (Wildman–Crippen LogP) is 1.35. The van der Waals surface area contributed by atoms with E-state index in [4.69, 9.17) is 11.6 Å². The molecule has 4 nitrogen and oxygen atoms in total. The van der Waals surface area contributed by atoms with E-state index < -0.39 is 0 Å². The van der Waals surface area contributed by atoms with Gasteiger partial charge in [-0.1, -0.05) is 0 Å². The van der Waals surface area contributed by atoms with Gasteiger partial charge in [0.1, 0.15) is 5.82 Å². The van der Waals surface area contributed by atoms with Crippen molar-refractivity contribution >= 4 is 17.4 Å². The van der Waals surface area contributed by atoms with Gasteiger partial charge in [-0.2, -0.15) is 0 Å². The Bertz CT molecular complexity index is 389. The summed E-state index contributed by atoms with van der Waals surface area (Å²) in [6.07, 6.45) is 3.48. The molecule has 0 radical (unpaired) electrons. The fourth-order valence-electron chi connectivity index (χ4n) is 1.87. The third-order valence-electron chi connectivity index (χ3n) is 2.83. The Morgan fingerprint density at radius 2 is 2.20 bits per heavy atom. The zero-order chi connectivity index (χ0) is 10.3. The van der Waals surface area contributed by atoms with Crippen molar-refractivity contribution in [3.05, 3.63) is 16.5 Å². The van der Waals surface area contributed by atoms with Crippen molar-refractivity contribution in [2.24, 2.45) is 0 Å². The molecule has 0 saturated heterocycles. The van der Waals surface area contributed by atoms with Gasteiger partial charge in [0.05, 0.1) is 5.69 Å². The quantitative estimate of drug-likeness (QED) is 0.745. The minimum absolute atomic E-state index is 0.348. The molecule has 3 rings (SSSR count). The van der Waals surface area contributed by atoms with Gasteiger partial charge in [0.2, 0.25) is 5.28 Å². The van der Waals surface area contributed by atoms with Crippen molar-refractivity contribution in [2.75, 3.05) is 11.9 Å². The maximum absolute atomic E-state index is 5.90. The number of hydrogen-bond acceptors (Lipinski definition) is 4. The first-order valence-corrected chi connectivity index (χ1v) is 5.73. The Kier molecular flexibility index (Phi) is 2.25. The van der Waals surface area contributed by atoms with Crippen LogP contribution in [0.2, 0.25) is 5.28 Å². The predicted molar refractivity (Wildman–Crippen MR) is 59.1 cm³/mol. The highest BCUT2D eigenvalue weighted by molar-refractivity contribution is 6.28. The highest BCUT2D eigenvalue weighted by Gasteiger charge is 2.24. The number of hydrogen-bond donors (Lipinski definition) is 2. The molecule has 5 heteroatoms. The van der Waals surface area contributed by atoms with Crippen LogP contribution in [0.5, 0.6) is 0 Å². The molecule has 0 amide bonds. The molecule has 0 atom stereocenters. The summed E-state index contributed by atoms with van der Waals surface area (Å²) < 4.78 is 0. The van der Waals surface area contributed by atoms with Crippen LogP contribution in [0, 0.1) is 0 Å². The molecule has 1 saturated carbocycles. The van der Waals surface area contributed by atoms with Crippen LogP contribution in [0.4, 0.5) is 5.82 Å². The van der Waals surface area contributed by atoms with Gasteiger partial charge in [-0.05, 0) is 37.4 Å². The lowest BCUT2D eigenvalue weighted by Gasteiger charge is -2.19. The Hall–Kier alpha value is -0.870.